The quantitative estimate of drug-likeness (QED) is 0.594. The second-order valence-corrected chi connectivity index (χ2v) is 4.95. The van der Waals surface area contributed by atoms with E-state index in [4.69, 9.17) is 0 Å². The number of ether oxygens (including phenoxy) is 1. The van der Waals surface area contributed by atoms with Crippen molar-refractivity contribution in [1.82, 2.24) is 5.06 Å². The molecule has 9 nitrogen and oxygen atoms in total. The van der Waals surface area contributed by atoms with Crippen molar-refractivity contribution >= 4 is 21.9 Å². The van der Waals surface area contributed by atoms with Crippen molar-refractivity contribution in [3.63, 3.8) is 0 Å². The van der Waals surface area contributed by atoms with E-state index < -0.39 is 31.7 Å². The fourth-order valence-electron chi connectivity index (χ4n) is 1.25. The summed E-state index contributed by atoms with van der Waals surface area (Å²) >= 11 is 0. The van der Waals surface area contributed by atoms with Crippen LogP contribution in [0.4, 0.5) is 10.5 Å². The number of benzene rings is 1. The molecule has 0 spiro atoms. The summed E-state index contributed by atoms with van der Waals surface area (Å²) in [6, 6.07) is 4.63. The van der Waals surface area contributed by atoms with Crippen LogP contribution in [0.15, 0.2) is 29.2 Å². The Morgan fingerprint density at radius 2 is 2.00 bits per heavy atom. The maximum absolute atomic E-state index is 11.9. The van der Waals surface area contributed by atoms with E-state index in [0.717, 1.165) is 19.2 Å². The zero-order chi connectivity index (χ0) is 15.3. The number of nitro benzene ring substituents is 1. The third kappa shape index (κ3) is 3.65. The lowest BCUT2D eigenvalue weighted by Crippen LogP contribution is -2.30. The fourth-order valence-corrected chi connectivity index (χ4v) is 2.33. The highest BCUT2D eigenvalue weighted by atomic mass is 32.2. The van der Waals surface area contributed by atoms with Crippen LogP contribution in [0, 0.1) is 10.1 Å². The minimum absolute atomic E-state index is 0.0259. The smallest absolute Gasteiger partial charge is 0.434 e. The molecule has 0 unspecified atom stereocenters. The topological polar surface area (TPSA) is 116 Å². The first-order valence-corrected chi connectivity index (χ1v) is 6.79. The highest BCUT2D eigenvalue weighted by Crippen LogP contribution is 2.25. The molecule has 0 bridgehead atoms. The van der Waals surface area contributed by atoms with Crippen molar-refractivity contribution in [2.24, 2.45) is 0 Å². The van der Waals surface area contributed by atoms with Gasteiger partial charge in [-0.25, -0.2) is 4.79 Å². The summed E-state index contributed by atoms with van der Waals surface area (Å²) in [4.78, 5) is 20.5. The molecule has 110 valence electrons. The fraction of sp³-hybridized carbons (Fsp3) is 0.300. The molecule has 1 aromatic rings. The molecule has 1 amide bonds. The average molecular weight is 304 g/mol. The van der Waals surface area contributed by atoms with E-state index in [2.05, 4.69) is 9.02 Å². The lowest BCUT2D eigenvalue weighted by molar-refractivity contribution is -0.388. The monoisotopic (exact) mass is 304 g/mol. The molecular formula is C10H12N2O7S. The SMILES string of the molecule is CCOC(=O)N(C)OS(=O)(=O)c1ccccc1[N+](=O)[O-]. The summed E-state index contributed by atoms with van der Waals surface area (Å²) < 4.78 is 32.8. The zero-order valence-corrected chi connectivity index (χ0v) is 11.5. The molecule has 0 aliphatic carbocycles. The Morgan fingerprint density at radius 3 is 2.55 bits per heavy atom. The molecule has 0 N–H and O–H groups in total. The van der Waals surface area contributed by atoms with E-state index in [1.165, 1.54) is 19.1 Å². The minimum Gasteiger partial charge on any atom is -0.448 e. The number of carbonyl (C=O) groups excluding carboxylic acids is 1. The van der Waals surface area contributed by atoms with Gasteiger partial charge in [0.25, 0.3) is 5.69 Å². The van der Waals surface area contributed by atoms with Crippen molar-refractivity contribution in [1.29, 1.82) is 0 Å². The van der Waals surface area contributed by atoms with Crippen molar-refractivity contribution < 1.29 is 27.2 Å². The molecule has 0 heterocycles. The maximum atomic E-state index is 11.9. The molecule has 20 heavy (non-hydrogen) atoms. The van der Waals surface area contributed by atoms with Gasteiger partial charge < -0.3 is 4.74 Å². The Morgan fingerprint density at radius 1 is 1.40 bits per heavy atom. The zero-order valence-electron chi connectivity index (χ0n) is 10.7. The number of amides is 1. The van der Waals surface area contributed by atoms with Crippen molar-refractivity contribution in [3.8, 4) is 0 Å². The average Bonchev–Trinajstić information content (AvgIpc) is 2.38. The number of carbonyl (C=O) groups is 1. The first-order valence-electron chi connectivity index (χ1n) is 5.38. The normalized spacial score (nSPS) is 10.9. The summed E-state index contributed by atoms with van der Waals surface area (Å²) in [6.45, 7) is 1.56. The van der Waals surface area contributed by atoms with Gasteiger partial charge >= 0.3 is 16.2 Å². The van der Waals surface area contributed by atoms with Crippen LogP contribution in [0.5, 0.6) is 0 Å². The van der Waals surface area contributed by atoms with Crippen LogP contribution in [-0.2, 0) is 19.1 Å². The van der Waals surface area contributed by atoms with Gasteiger partial charge in [-0.15, -0.1) is 4.28 Å². The van der Waals surface area contributed by atoms with E-state index in [0.29, 0.717) is 5.06 Å². The molecule has 0 aliphatic heterocycles. The number of para-hydroxylation sites is 1. The number of hydrogen-bond acceptors (Lipinski definition) is 7. The standard InChI is InChI=1S/C10H12N2O7S/c1-3-18-10(13)11(2)19-20(16,17)9-7-5-4-6-8(9)12(14)15/h4-7H,3H2,1-2H3. The molecule has 1 aromatic carbocycles. The van der Waals surface area contributed by atoms with E-state index in [9.17, 15) is 23.3 Å². The Kier molecular flexibility index (Phi) is 5.00. The van der Waals surface area contributed by atoms with Crippen LogP contribution >= 0.6 is 0 Å². The van der Waals surface area contributed by atoms with Gasteiger partial charge in [0.05, 0.1) is 11.5 Å². The van der Waals surface area contributed by atoms with E-state index in [1.54, 1.807) is 0 Å². The maximum Gasteiger partial charge on any atom is 0.434 e. The second kappa shape index (κ2) is 6.30. The number of nitro groups is 1. The summed E-state index contributed by atoms with van der Waals surface area (Å²) in [6.07, 6.45) is -1.03. The Labute approximate surface area is 114 Å². The number of hydrogen-bond donors (Lipinski definition) is 0. The second-order valence-electron chi connectivity index (χ2n) is 3.45. The first kappa shape index (κ1) is 15.9. The molecule has 0 fully saturated rings. The van der Waals surface area contributed by atoms with Gasteiger partial charge in [0.1, 0.15) is 0 Å². The lowest BCUT2D eigenvalue weighted by atomic mass is 10.3. The summed E-state index contributed by atoms with van der Waals surface area (Å²) in [7, 11) is -3.50. The van der Waals surface area contributed by atoms with Gasteiger partial charge in [-0.2, -0.15) is 13.5 Å². The van der Waals surface area contributed by atoms with Gasteiger partial charge in [0.2, 0.25) is 0 Å². The minimum atomic E-state index is -4.52. The van der Waals surface area contributed by atoms with Gasteiger partial charge in [-0.1, -0.05) is 12.1 Å². The van der Waals surface area contributed by atoms with E-state index >= 15 is 0 Å². The Balaban J connectivity index is 3.06. The lowest BCUT2D eigenvalue weighted by Gasteiger charge is -2.15. The molecule has 0 radical (unpaired) electrons. The summed E-state index contributed by atoms with van der Waals surface area (Å²) in [5.74, 6) is 0. The molecule has 0 aromatic heterocycles. The van der Waals surface area contributed by atoms with Crippen LogP contribution in [-0.4, -0.2) is 38.2 Å². The largest absolute Gasteiger partial charge is 0.448 e. The van der Waals surface area contributed by atoms with E-state index in [1.807, 2.05) is 0 Å². The van der Waals surface area contributed by atoms with Gasteiger partial charge in [-0.05, 0) is 13.0 Å². The van der Waals surface area contributed by atoms with Crippen LogP contribution in [0.25, 0.3) is 0 Å². The van der Waals surface area contributed by atoms with Crippen molar-refractivity contribution in [3.05, 3.63) is 34.4 Å². The Hall–Kier alpha value is -2.20. The summed E-state index contributed by atoms with van der Waals surface area (Å²) in [5, 5.41) is 11.1. The van der Waals surface area contributed by atoms with Crippen molar-refractivity contribution in [2.75, 3.05) is 13.7 Å². The highest BCUT2D eigenvalue weighted by Gasteiger charge is 2.29. The van der Waals surface area contributed by atoms with Gasteiger partial charge in [0, 0.05) is 13.1 Å². The Bertz CT molecular complexity index is 614. The predicted molar refractivity (Wildman–Crippen MR) is 66.2 cm³/mol. The van der Waals surface area contributed by atoms with Crippen LogP contribution in [0.2, 0.25) is 0 Å². The third-order valence-electron chi connectivity index (χ3n) is 2.07. The predicted octanol–water partition coefficient (Wildman–Crippen LogP) is 1.30. The molecule has 1 rings (SSSR count). The summed E-state index contributed by atoms with van der Waals surface area (Å²) in [5.41, 5.74) is -0.648. The molecular weight excluding hydrogens is 292 g/mol. The third-order valence-corrected chi connectivity index (χ3v) is 3.37. The number of hydroxylamine groups is 2. The number of nitrogens with zero attached hydrogens (tertiary/aromatic N) is 2. The van der Waals surface area contributed by atoms with Crippen molar-refractivity contribution in [2.45, 2.75) is 11.8 Å². The van der Waals surface area contributed by atoms with Crippen LogP contribution < -0.4 is 0 Å². The molecule has 0 atom stereocenters. The molecule has 0 saturated heterocycles. The van der Waals surface area contributed by atoms with Crippen LogP contribution in [0.1, 0.15) is 6.92 Å². The molecule has 0 aliphatic rings. The first-order chi connectivity index (χ1) is 9.29. The molecule has 10 heteroatoms. The van der Waals surface area contributed by atoms with Crippen LogP contribution in [0.3, 0.4) is 0 Å². The molecule has 0 saturated carbocycles. The highest BCUT2D eigenvalue weighted by molar-refractivity contribution is 7.86. The number of rotatable bonds is 5. The van der Waals surface area contributed by atoms with E-state index in [-0.39, 0.29) is 6.61 Å². The van der Waals surface area contributed by atoms with Gasteiger partial charge in [0.15, 0.2) is 4.90 Å². The van der Waals surface area contributed by atoms with Gasteiger partial charge in [-0.3, -0.25) is 10.1 Å².